The van der Waals surface area contributed by atoms with Crippen molar-refractivity contribution in [3.05, 3.63) is 34.4 Å². The summed E-state index contributed by atoms with van der Waals surface area (Å²) in [6.07, 6.45) is 1.95. The SMILES string of the molecule is O=C(O)C1CCCC1=NOc1ccc([N+](=O)[O-])cc1. The maximum absolute atomic E-state index is 10.9. The molecule has 1 fully saturated rings. The third-order valence-electron chi connectivity index (χ3n) is 2.94. The fourth-order valence-electron chi connectivity index (χ4n) is 1.94. The summed E-state index contributed by atoms with van der Waals surface area (Å²) < 4.78 is 0. The molecule has 0 heterocycles. The van der Waals surface area contributed by atoms with Crippen molar-refractivity contribution >= 4 is 17.4 Å². The first kappa shape index (κ1) is 13.0. The van der Waals surface area contributed by atoms with Gasteiger partial charge in [-0.05, 0) is 31.4 Å². The van der Waals surface area contributed by atoms with Gasteiger partial charge in [0.2, 0.25) is 0 Å². The molecule has 1 unspecified atom stereocenters. The lowest BCUT2D eigenvalue weighted by molar-refractivity contribution is -0.384. The average Bonchev–Trinajstić information content (AvgIpc) is 2.85. The molecule has 0 saturated heterocycles. The van der Waals surface area contributed by atoms with E-state index in [-0.39, 0.29) is 5.69 Å². The maximum Gasteiger partial charge on any atom is 0.312 e. The first-order valence-corrected chi connectivity index (χ1v) is 5.79. The van der Waals surface area contributed by atoms with Gasteiger partial charge in [0.1, 0.15) is 0 Å². The van der Waals surface area contributed by atoms with E-state index in [9.17, 15) is 14.9 Å². The van der Waals surface area contributed by atoms with E-state index in [1.165, 1.54) is 24.3 Å². The van der Waals surface area contributed by atoms with Crippen LogP contribution >= 0.6 is 0 Å². The van der Waals surface area contributed by atoms with Crippen LogP contribution < -0.4 is 4.84 Å². The lowest BCUT2D eigenvalue weighted by atomic mass is 10.1. The van der Waals surface area contributed by atoms with Gasteiger partial charge in [-0.1, -0.05) is 5.16 Å². The summed E-state index contributed by atoms with van der Waals surface area (Å²) in [5.41, 5.74) is 0.468. The highest BCUT2D eigenvalue weighted by molar-refractivity contribution is 6.02. The van der Waals surface area contributed by atoms with Crippen molar-refractivity contribution in [2.75, 3.05) is 0 Å². The molecule has 1 aliphatic rings. The molecule has 0 radical (unpaired) electrons. The van der Waals surface area contributed by atoms with Gasteiger partial charge in [-0.25, -0.2) is 0 Å². The van der Waals surface area contributed by atoms with E-state index in [0.717, 1.165) is 6.42 Å². The van der Waals surface area contributed by atoms with Crippen LogP contribution in [0.25, 0.3) is 0 Å². The van der Waals surface area contributed by atoms with Gasteiger partial charge in [0.15, 0.2) is 5.75 Å². The Labute approximate surface area is 108 Å². The third-order valence-corrected chi connectivity index (χ3v) is 2.94. The number of nitrogens with zero attached hydrogens (tertiary/aromatic N) is 2. The Bertz CT molecular complexity index is 523. The second kappa shape index (κ2) is 5.47. The zero-order valence-corrected chi connectivity index (χ0v) is 9.98. The summed E-state index contributed by atoms with van der Waals surface area (Å²) in [6, 6.07) is 5.46. The Kier molecular flexibility index (Phi) is 3.74. The first-order valence-electron chi connectivity index (χ1n) is 5.79. The Morgan fingerprint density at radius 3 is 2.68 bits per heavy atom. The Balaban J connectivity index is 2.05. The van der Waals surface area contributed by atoms with E-state index >= 15 is 0 Å². The molecule has 1 aromatic carbocycles. The molecular formula is C12H12N2O5. The van der Waals surface area contributed by atoms with Gasteiger partial charge < -0.3 is 9.94 Å². The molecule has 7 nitrogen and oxygen atoms in total. The smallest absolute Gasteiger partial charge is 0.312 e. The highest BCUT2D eigenvalue weighted by Crippen LogP contribution is 2.24. The fraction of sp³-hybridized carbons (Fsp3) is 0.333. The predicted molar refractivity (Wildman–Crippen MR) is 66.1 cm³/mol. The lowest BCUT2D eigenvalue weighted by Crippen LogP contribution is -2.18. The second-order valence-corrected chi connectivity index (χ2v) is 4.21. The molecule has 0 aromatic heterocycles. The monoisotopic (exact) mass is 264 g/mol. The van der Waals surface area contributed by atoms with Crippen LogP contribution in [0.5, 0.6) is 5.75 Å². The Hall–Kier alpha value is -2.44. The van der Waals surface area contributed by atoms with Gasteiger partial charge in [0, 0.05) is 12.1 Å². The molecule has 1 N–H and O–H groups in total. The third kappa shape index (κ3) is 3.06. The number of non-ortho nitro benzene ring substituents is 1. The van der Waals surface area contributed by atoms with E-state index in [0.29, 0.717) is 24.3 Å². The van der Waals surface area contributed by atoms with Crippen LogP contribution in [0.15, 0.2) is 29.4 Å². The molecule has 0 aliphatic heterocycles. The van der Waals surface area contributed by atoms with Crippen molar-refractivity contribution in [2.24, 2.45) is 11.1 Å². The average molecular weight is 264 g/mol. The van der Waals surface area contributed by atoms with Gasteiger partial charge in [-0.15, -0.1) is 0 Å². The normalized spacial score (nSPS) is 20.4. The fourth-order valence-corrected chi connectivity index (χ4v) is 1.94. The Morgan fingerprint density at radius 1 is 1.42 bits per heavy atom. The number of rotatable bonds is 4. The quantitative estimate of drug-likeness (QED) is 0.663. The highest BCUT2D eigenvalue weighted by Gasteiger charge is 2.29. The molecule has 7 heteroatoms. The number of nitro groups is 1. The van der Waals surface area contributed by atoms with Crippen LogP contribution in [0.1, 0.15) is 19.3 Å². The molecule has 0 bridgehead atoms. The van der Waals surface area contributed by atoms with Crippen LogP contribution in [0, 0.1) is 16.0 Å². The highest BCUT2D eigenvalue weighted by atomic mass is 16.6. The predicted octanol–water partition coefficient (Wildman–Crippen LogP) is 2.21. The molecule has 0 spiro atoms. The van der Waals surface area contributed by atoms with Gasteiger partial charge >= 0.3 is 5.97 Å². The van der Waals surface area contributed by atoms with Crippen molar-refractivity contribution < 1.29 is 19.7 Å². The van der Waals surface area contributed by atoms with Gasteiger partial charge in [-0.3, -0.25) is 14.9 Å². The number of nitro benzene ring substituents is 1. The lowest BCUT2D eigenvalue weighted by Gasteiger charge is -2.04. The number of oxime groups is 1. The van der Waals surface area contributed by atoms with E-state index in [2.05, 4.69) is 5.16 Å². The topological polar surface area (TPSA) is 102 Å². The minimum atomic E-state index is -0.899. The molecule has 0 amide bonds. The number of benzene rings is 1. The van der Waals surface area contributed by atoms with Crippen molar-refractivity contribution in [1.82, 2.24) is 0 Å². The van der Waals surface area contributed by atoms with Crippen LogP contribution in [-0.4, -0.2) is 21.7 Å². The van der Waals surface area contributed by atoms with E-state index < -0.39 is 16.8 Å². The number of hydrogen-bond donors (Lipinski definition) is 1. The molecule has 19 heavy (non-hydrogen) atoms. The van der Waals surface area contributed by atoms with Gasteiger partial charge in [-0.2, -0.15) is 0 Å². The molecule has 1 aliphatic carbocycles. The van der Waals surface area contributed by atoms with Crippen LogP contribution in [-0.2, 0) is 4.79 Å². The van der Waals surface area contributed by atoms with Crippen molar-refractivity contribution in [2.45, 2.75) is 19.3 Å². The zero-order chi connectivity index (χ0) is 13.8. The molecule has 1 aromatic rings. The second-order valence-electron chi connectivity index (χ2n) is 4.21. The summed E-state index contributed by atoms with van der Waals surface area (Å²) in [5, 5.41) is 23.3. The van der Waals surface area contributed by atoms with E-state index in [1.54, 1.807) is 0 Å². The van der Waals surface area contributed by atoms with Crippen LogP contribution in [0.4, 0.5) is 5.69 Å². The van der Waals surface area contributed by atoms with Gasteiger partial charge in [0.05, 0.1) is 16.6 Å². The summed E-state index contributed by atoms with van der Waals surface area (Å²) in [4.78, 5) is 26.0. The number of carboxylic acids is 1. The van der Waals surface area contributed by atoms with Crippen LogP contribution in [0.3, 0.4) is 0 Å². The summed E-state index contributed by atoms with van der Waals surface area (Å²) in [6.45, 7) is 0. The van der Waals surface area contributed by atoms with Gasteiger partial charge in [0.25, 0.3) is 5.69 Å². The minimum absolute atomic E-state index is 0.0377. The molecular weight excluding hydrogens is 252 g/mol. The minimum Gasteiger partial charge on any atom is -0.481 e. The largest absolute Gasteiger partial charge is 0.481 e. The summed E-state index contributed by atoms with van der Waals surface area (Å²) in [7, 11) is 0. The number of carboxylic acid groups (broad SMARTS) is 1. The van der Waals surface area contributed by atoms with E-state index in [4.69, 9.17) is 9.94 Å². The number of aliphatic carboxylic acids is 1. The van der Waals surface area contributed by atoms with Crippen molar-refractivity contribution in [3.63, 3.8) is 0 Å². The first-order chi connectivity index (χ1) is 9.08. The van der Waals surface area contributed by atoms with Crippen molar-refractivity contribution in [1.29, 1.82) is 0 Å². The molecule has 2 rings (SSSR count). The van der Waals surface area contributed by atoms with E-state index in [1.807, 2.05) is 0 Å². The molecule has 1 saturated carbocycles. The maximum atomic E-state index is 10.9. The number of hydrogen-bond acceptors (Lipinski definition) is 5. The van der Waals surface area contributed by atoms with Crippen molar-refractivity contribution in [3.8, 4) is 5.75 Å². The molecule has 100 valence electrons. The molecule has 1 atom stereocenters. The Morgan fingerprint density at radius 2 is 2.11 bits per heavy atom. The standard InChI is InChI=1S/C12H12N2O5/c15-12(16)10-2-1-3-11(10)13-19-9-6-4-8(5-7-9)14(17)18/h4-7,10H,1-3H2,(H,15,16). The summed E-state index contributed by atoms with van der Waals surface area (Å²) in [5.74, 6) is -1.14. The zero-order valence-electron chi connectivity index (χ0n) is 9.98. The number of carbonyl (C=O) groups is 1. The summed E-state index contributed by atoms with van der Waals surface area (Å²) >= 11 is 0. The van der Waals surface area contributed by atoms with Crippen LogP contribution in [0.2, 0.25) is 0 Å².